The van der Waals surface area contributed by atoms with Gasteiger partial charge in [-0.15, -0.1) is 0 Å². The smallest absolute Gasteiger partial charge is 0.189 e. The van der Waals surface area contributed by atoms with Crippen LogP contribution in [0, 0.1) is 18.8 Å². The van der Waals surface area contributed by atoms with Gasteiger partial charge >= 0.3 is 0 Å². The molecule has 0 radical (unpaired) electrons. The number of aromatic nitrogens is 2. The lowest BCUT2D eigenvalue weighted by atomic mass is 9.82. The van der Waals surface area contributed by atoms with Crippen molar-refractivity contribution < 1.29 is 0 Å². The Kier molecular flexibility index (Phi) is 3.46. The van der Waals surface area contributed by atoms with Gasteiger partial charge in [0, 0.05) is 24.8 Å². The highest BCUT2D eigenvalue weighted by molar-refractivity contribution is 7.98. The lowest BCUT2D eigenvalue weighted by Crippen LogP contribution is -2.21. The molecule has 1 aromatic rings. The van der Waals surface area contributed by atoms with Crippen LogP contribution in [0.25, 0.3) is 0 Å². The van der Waals surface area contributed by atoms with Crippen LogP contribution < -0.4 is 4.90 Å². The van der Waals surface area contributed by atoms with E-state index in [0.717, 1.165) is 28.5 Å². The van der Waals surface area contributed by atoms with Crippen molar-refractivity contribution in [2.75, 3.05) is 24.2 Å². The molecule has 3 nitrogen and oxygen atoms in total. The minimum absolute atomic E-state index is 0.903. The Bertz CT molecular complexity index is 421. The first-order chi connectivity index (χ1) is 8.76. The molecule has 1 aliphatic carbocycles. The molecule has 18 heavy (non-hydrogen) atoms. The second kappa shape index (κ2) is 5.08. The molecule has 2 aliphatic rings. The fourth-order valence-corrected chi connectivity index (χ4v) is 3.79. The van der Waals surface area contributed by atoms with Gasteiger partial charge in [-0.2, -0.15) is 0 Å². The fraction of sp³-hybridized carbons (Fsp3) is 0.714. The van der Waals surface area contributed by atoms with Gasteiger partial charge in [0.05, 0.1) is 0 Å². The molecule has 2 atom stereocenters. The molecular formula is C14H21N3S. The molecule has 2 fully saturated rings. The molecule has 0 aromatic carbocycles. The van der Waals surface area contributed by atoms with E-state index in [9.17, 15) is 0 Å². The average molecular weight is 263 g/mol. The fourth-order valence-electron chi connectivity index (χ4n) is 3.37. The maximum absolute atomic E-state index is 4.67. The van der Waals surface area contributed by atoms with Crippen LogP contribution in [0.2, 0.25) is 0 Å². The Morgan fingerprint density at radius 1 is 1.17 bits per heavy atom. The van der Waals surface area contributed by atoms with Crippen LogP contribution >= 0.6 is 11.8 Å². The molecule has 0 bridgehead atoms. The zero-order chi connectivity index (χ0) is 12.5. The van der Waals surface area contributed by atoms with Crippen LogP contribution in [0.4, 0.5) is 5.82 Å². The van der Waals surface area contributed by atoms with Gasteiger partial charge in [0.2, 0.25) is 0 Å². The quantitative estimate of drug-likeness (QED) is 0.605. The van der Waals surface area contributed by atoms with E-state index in [1.165, 1.54) is 38.8 Å². The summed E-state index contributed by atoms with van der Waals surface area (Å²) in [6.07, 6.45) is 7.73. The van der Waals surface area contributed by atoms with Crippen LogP contribution in [-0.4, -0.2) is 29.3 Å². The van der Waals surface area contributed by atoms with E-state index in [1.807, 2.05) is 6.26 Å². The van der Waals surface area contributed by atoms with Crippen LogP contribution in [0.3, 0.4) is 0 Å². The Balaban J connectivity index is 1.81. The number of hydrogen-bond acceptors (Lipinski definition) is 4. The average Bonchev–Trinajstić information content (AvgIpc) is 2.81. The Morgan fingerprint density at radius 3 is 2.44 bits per heavy atom. The van der Waals surface area contributed by atoms with Crippen LogP contribution in [0.1, 0.15) is 31.4 Å². The molecule has 0 amide bonds. The van der Waals surface area contributed by atoms with Gasteiger partial charge in [-0.25, -0.2) is 9.97 Å². The number of thioether (sulfide) groups is 1. The first-order valence-electron chi connectivity index (χ1n) is 6.91. The molecule has 3 rings (SSSR count). The van der Waals surface area contributed by atoms with Crippen molar-refractivity contribution in [3.05, 3.63) is 11.8 Å². The summed E-state index contributed by atoms with van der Waals surface area (Å²) in [4.78, 5) is 11.6. The number of aryl methyl sites for hydroxylation is 1. The number of anilines is 1. The van der Waals surface area contributed by atoms with E-state index in [4.69, 9.17) is 0 Å². The highest BCUT2D eigenvalue weighted by Crippen LogP contribution is 2.37. The summed E-state index contributed by atoms with van der Waals surface area (Å²) in [7, 11) is 0. The van der Waals surface area contributed by atoms with Crippen molar-refractivity contribution in [2.24, 2.45) is 11.8 Å². The third-order valence-corrected chi connectivity index (χ3v) is 4.85. The van der Waals surface area contributed by atoms with Gasteiger partial charge in [0.15, 0.2) is 5.16 Å². The van der Waals surface area contributed by atoms with Gasteiger partial charge in [-0.1, -0.05) is 24.6 Å². The van der Waals surface area contributed by atoms with Gasteiger partial charge in [-0.3, -0.25) is 0 Å². The lowest BCUT2D eigenvalue weighted by Gasteiger charge is -2.22. The molecule has 98 valence electrons. The highest BCUT2D eigenvalue weighted by atomic mass is 32.2. The van der Waals surface area contributed by atoms with Crippen LogP contribution in [0.15, 0.2) is 11.2 Å². The van der Waals surface area contributed by atoms with Gasteiger partial charge in [-0.05, 0) is 37.9 Å². The number of rotatable bonds is 2. The minimum atomic E-state index is 0.903. The molecule has 2 unspecified atom stereocenters. The maximum Gasteiger partial charge on any atom is 0.189 e. The summed E-state index contributed by atoms with van der Waals surface area (Å²) in [5.41, 5.74) is 1.08. The summed E-state index contributed by atoms with van der Waals surface area (Å²) >= 11 is 1.63. The SMILES string of the molecule is CSc1nc(C)cc(N2CC3CCCCC3C2)n1. The third-order valence-electron chi connectivity index (χ3n) is 4.30. The zero-order valence-electron chi connectivity index (χ0n) is 11.2. The van der Waals surface area contributed by atoms with Gasteiger partial charge in [0.25, 0.3) is 0 Å². The Morgan fingerprint density at radius 2 is 1.83 bits per heavy atom. The van der Waals surface area contributed by atoms with E-state index in [2.05, 4.69) is 27.9 Å². The van der Waals surface area contributed by atoms with E-state index in [0.29, 0.717) is 0 Å². The predicted octanol–water partition coefficient (Wildman–Crippen LogP) is 3.13. The number of fused-ring (bicyclic) bond motifs is 1. The summed E-state index contributed by atoms with van der Waals surface area (Å²) in [5, 5.41) is 0.903. The molecule has 1 saturated carbocycles. The zero-order valence-corrected chi connectivity index (χ0v) is 12.0. The highest BCUT2D eigenvalue weighted by Gasteiger charge is 2.34. The number of hydrogen-bond donors (Lipinski definition) is 0. The van der Waals surface area contributed by atoms with Crippen LogP contribution in [0.5, 0.6) is 0 Å². The molecule has 1 aliphatic heterocycles. The van der Waals surface area contributed by atoms with E-state index in [1.54, 1.807) is 11.8 Å². The minimum Gasteiger partial charge on any atom is -0.356 e. The Labute approximate surface area is 113 Å². The molecule has 4 heteroatoms. The normalized spacial score (nSPS) is 27.3. The van der Waals surface area contributed by atoms with Crippen molar-refractivity contribution in [1.29, 1.82) is 0 Å². The summed E-state index contributed by atoms with van der Waals surface area (Å²) in [5.74, 6) is 2.96. The second-order valence-corrected chi connectivity index (χ2v) is 6.34. The first kappa shape index (κ1) is 12.3. The van der Waals surface area contributed by atoms with Crippen LogP contribution in [-0.2, 0) is 0 Å². The summed E-state index contributed by atoms with van der Waals surface area (Å²) < 4.78 is 0. The van der Waals surface area contributed by atoms with Gasteiger partial charge < -0.3 is 4.90 Å². The van der Waals surface area contributed by atoms with Crippen molar-refractivity contribution in [3.63, 3.8) is 0 Å². The Hall–Kier alpha value is -0.770. The van der Waals surface area contributed by atoms with Gasteiger partial charge in [0.1, 0.15) is 5.82 Å². The largest absolute Gasteiger partial charge is 0.356 e. The van der Waals surface area contributed by atoms with E-state index in [-0.39, 0.29) is 0 Å². The first-order valence-corrected chi connectivity index (χ1v) is 8.13. The maximum atomic E-state index is 4.67. The van der Waals surface area contributed by atoms with E-state index < -0.39 is 0 Å². The molecular weight excluding hydrogens is 242 g/mol. The van der Waals surface area contributed by atoms with Crippen molar-refractivity contribution >= 4 is 17.6 Å². The molecule has 1 aromatic heterocycles. The molecule has 1 saturated heterocycles. The standard InChI is InChI=1S/C14H21N3S/c1-10-7-13(16-14(15-10)18-2)17-8-11-5-3-4-6-12(11)9-17/h7,11-12H,3-6,8-9H2,1-2H3. The summed E-state index contributed by atoms with van der Waals surface area (Å²) in [6.45, 7) is 4.47. The van der Waals surface area contributed by atoms with Crippen molar-refractivity contribution in [3.8, 4) is 0 Å². The number of nitrogens with zero attached hydrogens (tertiary/aromatic N) is 3. The third kappa shape index (κ3) is 2.35. The monoisotopic (exact) mass is 263 g/mol. The molecule has 0 N–H and O–H groups in total. The second-order valence-electron chi connectivity index (χ2n) is 5.56. The topological polar surface area (TPSA) is 29.0 Å². The lowest BCUT2D eigenvalue weighted by molar-refractivity contribution is 0.299. The van der Waals surface area contributed by atoms with Crippen molar-refractivity contribution in [1.82, 2.24) is 9.97 Å². The van der Waals surface area contributed by atoms with Crippen molar-refractivity contribution in [2.45, 2.75) is 37.8 Å². The van der Waals surface area contributed by atoms with E-state index >= 15 is 0 Å². The molecule has 0 spiro atoms. The predicted molar refractivity (Wildman–Crippen MR) is 76.2 cm³/mol. The molecule has 2 heterocycles. The summed E-state index contributed by atoms with van der Waals surface area (Å²) in [6, 6.07) is 2.14.